The van der Waals surface area contributed by atoms with E-state index in [4.69, 9.17) is 5.73 Å². The second-order valence-electron chi connectivity index (χ2n) is 4.39. The van der Waals surface area contributed by atoms with Crippen LogP contribution < -0.4 is 10.6 Å². The van der Waals surface area contributed by atoms with Gasteiger partial charge in [0.2, 0.25) is 0 Å². The minimum atomic E-state index is -0.354. The molecule has 0 aromatic heterocycles. The Balaban J connectivity index is 2.21. The molecule has 1 aliphatic heterocycles. The largest absolute Gasteiger partial charge is 0.465 e. The summed E-state index contributed by atoms with van der Waals surface area (Å²) in [5.74, 6) is 1.98. The molecule has 1 heterocycles. The summed E-state index contributed by atoms with van der Waals surface area (Å²) in [5.41, 5.74) is 8.12. The van der Waals surface area contributed by atoms with Gasteiger partial charge in [-0.25, -0.2) is 4.79 Å². The molecule has 1 aromatic rings. The van der Waals surface area contributed by atoms with Crippen LogP contribution in [0.25, 0.3) is 0 Å². The Morgan fingerprint density at radius 2 is 2.33 bits per heavy atom. The van der Waals surface area contributed by atoms with E-state index >= 15 is 0 Å². The summed E-state index contributed by atoms with van der Waals surface area (Å²) in [6, 6.07) is 5.86. The first-order valence-corrected chi connectivity index (χ1v) is 7.07. The van der Waals surface area contributed by atoms with E-state index in [2.05, 4.69) is 16.7 Å². The van der Waals surface area contributed by atoms with Gasteiger partial charge in [-0.1, -0.05) is 0 Å². The van der Waals surface area contributed by atoms with Crippen molar-refractivity contribution in [1.82, 2.24) is 0 Å². The number of ether oxygens (including phenoxy) is 1. The predicted octanol–water partition coefficient (Wildman–Crippen LogP) is 2.00. The monoisotopic (exact) mass is 266 g/mol. The lowest BCUT2D eigenvalue weighted by molar-refractivity contribution is 0.0601. The van der Waals surface area contributed by atoms with E-state index in [1.54, 1.807) is 12.1 Å². The quantitative estimate of drug-likeness (QED) is 0.670. The third-order valence-corrected chi connectivity index (χ3v) is 4.43. The fourth-order valence-corrected chi connectivity index (χ4v) is 3.41. The second kappa shape index (κ2) is 5.52. The van der Waals surface area contributed by atoms with Crippen LogP contribution in [-0.4, -0.2) is 37.7 Å². The maximum atomic E-state index is 11.4. The standard InChI is InChI=1S/C13H18N2O2S/c1-15(10-5-6-18-8-10)12-4-3-9(7-11(12)14)13(16)17-2/h3-4,7,10H,5-6,8,14H2,1-2H3. The van der Waals surface area contributed by atoms with Crippen LogP contribution in [0.15, 0.2) is 18.2 Å². The van der Waals surface area contributed by atoms with Crippen molar-refractivity contribution in [3.63, 3.8) is 0 Å². The number of hydrogen-bond donors (Lipinski definition) is 1. The molecule has 0 saturated carbocycles. The van der Waals surface area contributed by atoms with Crippen molar-refractivity contribution in [3.8, 4) is 0 Å². The molecule has 1 fully saturated rings. The summed E-state index contributed by atoms with van der Waals surface area (Å²) in [6.07, 6.45) is 1.18. The number of thioether (sulfide) groups is 1. The van der Waals surface area contributed by atoms with Gasteiger partial charge >= 0.3 is 5.97 Å². The minimum absolute atomic E-state index is 0.354. The lowest BCUT2D eigenvalue weighted by Crippen LogP contribution is -2.31. The van der Waals surface area contributed by atoms with Crippen LogP contribution in [0.3, 0.4) is 0 Å². The Bertz CT molecular complexity index is 445. The average Bonchev–Trinajstić information content (AvgIpc) is 2.90. The number of rotatable bonds is 3. The molecule has 0 bridgehead atoms. The maximum Gasteiger partial charge on any atom is 0.337 e. The van der Waals surface area contributed by atoms with Crippen LogP contribution in [0.1, 0.15) is 16.8 Å². The molecular weight excluding hydrogens is 248 g/mol. The minimum Gasteiger partial charge on any atom is -0.465 e. The lowest BCUT2D eigenvalue weighted by Gasteiger charge is -2.27. The highest BCUT2D eigenvalue weighted by Crippen LogP contribution is 2.30. The molecular formula is C13H18N2O2S. The van der Waals surface area contributed by atoms with Gasteiger partial charge < -0.3 is 15.4 Å². The lowest BCUT2D eigenvalue weighted by atomic mass is 10.1. The van der Waals surface area contributed by atoms with Crippen LogP contribution in [0.4, 0.5) is 11.4 Å². The number of nitrogens with zero attached hydrogens (tertiary/aromatic N) is 1. The zero-order valence-corrected chi connectivity index (χ0v) is 11.5. The van der Waals surface area contributed by atoms with Crippen LogP contribution in [0, 0.1) is 0 Å². The second-order valence-corrected chi connectivity index (χ2v) is 5.54. The van der Waals surface area contributed by atoms with E-state index in [-0.39, 0.29) is 5.97 Å². The number of methoxy groups -OCH3 is 1. The van der Waals surface area contributed by atoms with Crippen LogP contribution in [-0.2, 0) is 4.74 Å². The molecule has 1 atom stereocenters. The van der Waals surface area contributed by atoms with E-state index in [0.29, 0.717) is 17.3 Å². The number of carbonyl (C=O) groups excluding carboxylic acids is 1. The SMILES string of the molecule is COC(=O)c1ccc(N(C)C2CCSC2)c(N)c1. The Kier molecular flexibility index (Phi) is 4.01. The molecule has 0 radical (unpaired) electrons. The highest BCUT2D eigenvalue weighted by Gasteiger charge is 2.22. The molecule has 0 amide bonds. The van der Waals surface area contributed by atoms with Crippen molar-refractivity contribution in [1.29, 1.82) is 0 Å². The molecule has 4 nitrogen and oxygen atoms in total. The van der Waals surface area contributed by atoms with Gasteiger partial charge in [0, 0.05) is 18.8 Å². The van der Waals surface area contributed by atoms with E-state index in [1.165, 1.54) is 19.3 Å². The molecule has 1 aromatic carbocycles. The van der Waals surface area contributed by atoms with Gasteiger partial charge in [0.15, 0.2) is 0 Å². The molecule has 18 heavy (non-hydrogen) atoms. The summed E-state index contributed by atoms with van der Waals surface area (Å²) in [6.45, 7) is 0. The molecule has 98 valence electrons. The smallest absolute Gasteiger partial charge is 0.337 e. The van der Waals surface area contributed by atoms with Crippen molar-refractivity contribution in [2.75, 3.05) is 36.3 Å². The molecule has 2 N–H and O–H groups in total. The van der Waals surface area contributed by atoms with Crippen molar-refractivity contribution in [3.05, 3.63) is 23.8 Å². The van der Waals surface area contributed by atoms with E-state index in [0.717, 1.165) is 11.4 Å². The van der Waals surface area contributed by atoms with Crippen molar-refractivity contribution in [2.24, 2.45) is 0 Å². The molecule has 0 aliphatic carbocycles. The van der Waals surface area contributed by atoms with Crippen molar-refractivity contribution < 1.29 is 9.53 Å². The Morgan fingerprint density at radius 1 is 1.56 bits per heavy atom. The Morgan fingerprint density at radius 3 is 2.89 bits per heavy atom. The van der Waals surface area contributed by atoms with Crippen LogP contribution in [0.2, 0.25) is 0 Å². The van der Waals surface area contributed by atoms with Crippen LogP contribution in [0.5, 0.6) is 0 Å². The Labute approximate surface area is 111 Å². The van der Waals surface area contributed by atoms with Gasteiger partial charge in [-0.05, 0) is 30.4 Å². The van der Waals surface area contributed by atoms with Gasteiger partial charge in [-0.2, -0.15) is 11.8 Å². The van der Waals surface area contributed by atoms with Gasteiger partial charge in [-0.3, -0.25) is 0 Å². The number of benzene rings is 1. The highest BCUT2D eigenvalue weighted by molar-refractivity contribution is 7.99. The highest BCUT2D eigenvalue weighted by atomic mass is 32.2. The maximum absolute atomic E-state index is 11.4. The first-order valence-electron chi connectivity index (χ1n) is 5.92. The van der Waals surface area contributed by atoms with E-state index in [9.17, 15) is 4.79 Å². The number of carbonyl (C=O) groups is 1. The van der Waals surface area contributed by atoms with Crippen LogP contribution >= 0.6 is 11.8 Å². The fourth-order valence-electron chi connectivity index (χ4n) is 2.14. The van der Waals surface area contributed by atoms with Gasteiger partial charge in [0.25, 0.3) is 0 Å². The number of hydrogen-bond acceptors (Lipinski definition) is 5. The summed E-state index contributed by atoms with van der Waals surface area (Å²) in [4.78, 5) is 13.6. The average molecular weight is 266 g/mol. The molecule has 1 saturated heterocycles. The fraction of sp³-hybridized carbons (Fsp3) is 0.462. The molecule has 1 aliphatic rings. The topological polar surface area (TPSA) is 55.6 Å². The van der Waals surface area contributed by atoms with Crippen molar-refractivity contribution >= 4 is 29.1 Å². The normalized spacial score (nSPS) is 18.7. The van der Waals surface area contributed by atoms with Gasteiger partial charge in [-0.15, -0.1) is 0 Å². The molecule has 1 unspecified atom stereocenters. The van der Waals surface area contributed by atoms with Gasteiger partial charge in [0.1, 0.15) is 0 Å². The number of nitrogen functional groups attached to an aromatic ring is 1. The van der Waals surface area contributed by atoms with E-state index < -0.39 is 0 Å². The Hall–Kier alpha value is -1.36. The first-order chi connectivity index (χ1) is 8.63. The third kappa shape index (κ3) is 2.56. The van der Waals surface area contributed by atoms with Gasteiger partial charge in [0.05, 0.1) is 24.0 Å². The summed E-state index contributed by atoms with van der Waals surface area (Å²) < 4.78 is 4.68. The predicted molar refractivity (Wildman–Crippen MR) is 76.3 cm³/mol. The van der Waals surface area contributed by atoms with Crippen molar-refractivity contribution in [2.45, 2.75) is 12.5 Å². The van der Waals surface area contributed by atoms with E-state index in [1.807, 2.05) is 17.8 Å². The molecule has 2 rings (SSSR count). The summed E-state index contributed by atoms with van der Waals surface area (Å²) >= 11 is 1.97. The zero-order valence-electron chi connectivity index (χ0n) is 10.7. The third-order valence-electron chi connectivity index (χ3n) is 3.28. The first kappa shape index (κ1) is 13.1. The summed E-state index contributed by atoms with van der Waals surface area (Å²) in [5, 5.41) is 0. The number of anilines is 2. The molecule has 5 heteroatoms. The summed E-state index contributed by atoms with van der Waals surface area (Å²) in [7, 11) is 3.42. The number of nitrogens with two attached hydrogens (primary N) is 1. The zero-order chi connectivity index (χ0) is 13.1. The number of esters is 1. The molecule has 0 spiro atoms.